The van der Waals surface area contributed by atoms with Gasteiger partial charge in [0.15, 0.2) is 0 Å². The summed E-state index contributed by atoms with van der Waals surface area (Å²) in [7, 11) is 0. The van der Waals surface area contributed by atoms with Gasteiger partial charge in [-0.25, -0.2) is 0 Å². The molecule has 0 amide bonds. The van der Waals surface area contributed by atoms with Crippen molar-refractivity contribution >= 4 is 11.8 Å². The van der Waals surface area contributed by atoms with Crippen LogP contribution in [0.2, 0.25) is 0 Å². The molecule has 0 saturated heterocycles. The molecule has 2 rings (SSSR count). The zero-order valence-electron chi connectivity index (χ0n) is 10.4. The molecule has 2 N–H and O–H groups in total. The second-order valence-corrected chi connectivity index (χ2v) is 4.15. The van der Waals surface area contributed by atoms with Gasteiger partial charge in [-0.15, -0.1) is 0 Å². The van der Waals surface area contributed by atoms with Crippen molar-refractivity contribution in [1.29, 1.82) is 0 Å². The standard InChI is InChI=1S/C16H17NO/c1-13-6-5-7-14(12-18)16(13)10-11-17-15-8-3-2-4-9-15/h2-11,17-18H,12H2,1H3. The molecule has 18 heavy (non-hydrogen) atoms. The third-order valence-corrected chi connectivity index (χ3v) is 2.86. The van der Waals surface area contributed by atoms with Crippen LogP contribution in [0.4, 0.5) is 5.69 Å². The number of para-hydroxylation sites is 1. The highest BCUT2D eigenvalue weighted by molar-refractivity contribution is 5.60. The monoisotopic (exact) mass is 239 g/mol. The van der Waals surface area contributed by atoms with Crippen LogP contribution in [-0.2, 0) is 6.61 Å². The molecule has 2 heteroatoms. The van der Waals surface area contributed by atoms with E-state index in [2.05, 4.69) is 5.32 Å². The van der Waals surface area contributed by atoms with Crippen molar-refractivity contribution in [2.45, 2.75) is 13.5 Å². The molecular weight excluding hydrogens is 222 g/mol. The van der Waals surface area contributed by atoms with Crippen molar-refractivity contribution in [2.24, 2.45) is 0 Å². The van der Waals surface area contributed by atoms with E-state index in [1.807, 2.05) is 67.7 Å². The van der Waals surface area contributed by atoms with Crippen LogP contribution in [0.15, 0.2) is 54.7 Å². The molecular formula is C16H17NO. The highest BCUT2D eigenvalue weighted by atomic mass is 16.3. The van der Waals surface area contributed by atoms with E-state index in [0.717, 1.165) is 22.4 Å². The number of anilines is 1. The topological polar surface area (TPSA) is 32.3 Å². The van der Waals surface area contributed by atoms with Gasteiger partial charge in [-0.1, -0.05) is 36.4 Å². The van der Waals surface area contributed by atoms with E-state index in [4.69, 9.17) is 0 Å². The van der Waals surface area contributed by atoms with E-state index in [-0.39, 0.29) is 6.61 Å². The van der Waals surface area contributed by atoms with Crippen LogP contribution < -0.4 is 5.32 Å². The second-order valence-electron chi connectivity index (χ2n) is 4.15. The average molecular weight is 239 g/mol. The molecule has 0 spiro atoms. The number of aryl methyl sites for hydroxylation is 1. The molecule has 0 heterocycles. The SMILES string of the molecule is Cc1cccc(CO)c1C=CNc1ccccc1. The lowest BCUT2D eigenvalue weighted by Gasteiger charge is -2.06. The van der Waals surface area contributed by atoms with Gasteiger partial charge in [0, 0.05) is 11.9 Å². The first-order valence-electron chi connectivity index (χ1n) is 5.99. The lowest BCUT2D eigenvalue weighted by Crippen LogP contribution is -1.93. The van der Waals surface area contributed by atoms with Crippen molar-refractivity contribution in [3.8, 4) is 0 Å². The van der Waals surface area contributed by atoms with E-state index in [1.54, 1.807) is 0 Å². The van der Waals surface area contributed by atoms with Gasteiger partial charge >= 0.3 is 0 Å². The Labute approximate surface area is 108 Å². The van der Waals surface area contributed by atoms with Gasteiger partial charge in [0.1, 0.15) is 0 Å². The summed E-state index contributed by atoms with van der Waals surface area (Å²) >= 11 is 0. The first-order valence-corrected chi connectivity index (χ1v) is 5.99. The van der Waals surface area contributed by atoms with Gasteiger partial charge in [-0.3, -0.25) is 0 Å². The Morgan fingerprint density at radius 1 is 1.06 bits per heavy atom. The molecule has 0 unspecified atom stereocenters. The maximum atomic E-state index is 9.30. The fraction of sp³-hybridized carbons (Fsp3) is 0.125. The predicted molar refractivity (Wildman–Crippen MR) is 76.2 cm³/mol. The van der Waals surface area contributed by atoms with E-state index >= 15 is 0 Å². The molecule has 0 fully saturated rings. The van der Waals surface area contributed by atoms with Crippen LogP contribution in [0.1, 0.15) is 16.7 Å². The lowest BCUT2D eigenvalue weighted by molar-refractivity contribution is 0.281. The quantitative estimate of drug-likeness (QED) is 0.855. The molecule has 2 nitrogen and oxygen atoms in total. The lowest BCUT2D eigenvalue weighted by atomic mass is 10.0. The van der Waals surface area contributed by atoms with Crippen LogP contribution >= 0.6 is 0 Å². The Morgan fingerprint density at radius 3 is 2.56 bits per heavy atom. The summed E-state index contributed by atoms with van der Waals surface area (Å²) < 4.78 is 0. The van der Waals surface area contributed by atoms with Gasteiger partial charge in [-0.05, 0) is 41.8 Å². The summed E-state index contributed by atoms with van der Waals surface area (Å²) in [6, 6.07) is 15.9. The molecule has 0 aliphatic carbocycles. The summed E-state index contributed by atoms with van der Waals surface area (Å²) in [6.45, 7) is 2.11. The van der Waals surface area contributed by atoms with Crippen LogP contribution in [0, 0.1) is 6.92 Å². The number of aliphatic hydroxyl groups is 1. The van der Waals surface area contributed by atoms with Crippen LogP contribution in [0.5, 0.6) is 0 Å². The van der Waals surface area contributed by atoms with Crippen LogP contribution in [-0.4, -0.2) is 5.11 Å². The molecule has 0 aromatic heterocycles. The number of hydrogen-bond acceptors (Lipinski definition) is 2. The van der Waals surface area contributed by atoms with Crippen molar-refractivity contribution in [1.82, 2.24) is 0 Å². The van der Waals surface area contributed by atoms with Gasteiger partial charge in [-0.2, -0.15) is 0 Å². The van der Waals surface area contributed by atoms with Crippen molar-refractivity contribution in [2.75, 3.05) is 5.32 Å². The van der Waals surface area contributed by atoms with Gasteiger partial charge in [0.05, 0.1) is 6.61 Å². The Hall–Kier alpha value is -2.06. The fourth-order valence-electron chi connectivity index (χ4n) is 1.87. The normalized spacial score (nSPS) is 10.8. The van der Waals surface area contributed by atoms with Crippen LogP contribution in [0.3, 0.4) is 0 Å². The Morgan fingerprint density at radius 2 is 1.83 bits per heavy atom. The number of hydrogen-bond donors (Lipinski definition) is 2. The first kappa shape index (κ1) is 12.4. The summed E-state index contributed by atoms with van der Waals surface area (Å²) in [5.74, 6) is 0. The van der Waals surface area contributed by atoms with Gasteiger partial charge < -0.3 is 10.4 Å². The molecule has 0 radical (unpaired) electrons. The maximum absolute atomic E-state index is 9.30. The van der Waals surface area contributed by atoms with Gasteiger partial charge in [0.2, 0.25) is 0 Å². The molecule has 0 saturated carbocycles. The van der Waals surface area contributed by atoms with E-state index in [0.29, 0.717) is 0 Å². The predicted octanol–water partition coefficient (Wildman–Crippen LogP) is 3.57. The minimum atomic E-state index is 0.0622. The molecule has 0 bridgehead atoms. The van der Waals surface area contributed by atoms with Crippen molar-refractivity contribution in [3.63, 3.8) is 0 Å². The van der Waals surface area contributed by atoms with Crippen molar-refractivity contribution in [3.05, 3.63) is 71.4 Å². The molecule has 92 valence electrons. The Bertz CT molecular complexity index is 532. The largest absolute Gasteiger partial charge is 0.392 e. The van der Waals surface area contributed by atoms with E-state index < -0.39 is 0 Å². The van der Waals surface area contributed by atoms with Crippen molar-refractivity contribution < 1.29 is 5.11 Å². The number of nitrogens with one attached hydrogen (secondary N) is 1. The Kier molecular flexibility index (Phi) is 4.15. The fourth-order valence-corrected chi connectivity index (χ4v) is 1.87. The number of rotatable bonds is 4. The van der Waals surface area contributed by atoms with Crippen LogP contribution in [0.25, 0.3) is 6.08 Å². The summed E-state index contributed by atoms with van der Waals surface area (Å²) in [5, 5.41) is 12.5. The van der Waals surface area contributed by atoms with E-state index in [1.165, 1.54) is 0 Å². The molecule has 2 aromatic carbocycles. The number of aliphatic hydroxyl groups excluding tert-OH is 1. The number of benzene rings is 2. The smallest absolute Gasteiger partial charge is 0.0687 e. The average Bonchev–Trinajstić information content (AvgIpc) is 2.41. The third-order valence-electron chi connectivity index (χ3n) is 2.86. The summed E-state index contributed by atoms with van der Waals surface area (Å²) in [6.07, 6.45) is 3.89. The van der Waals surface area contributed by atoms with E-state index in [9.17, 15) is 5.11 Å². The molecule has 0 aliphatic heterocycles. The zero-order valence-corrected chi connectivity index (χ0v) is 10.4. The minimum Gasteiger partial charge on any atom is -0.392 e. The second kappa shape index (κ2) is 6.03. The maximum Gasteiger partial charge on any atom is 0.0687 e. The molecule has 2 aromatic rings. The minimum absolute atomic E-state index is 0.0622. The highest BCUT2D eigenvalue weighted by Crippen LogP contribution is 2.16. The Balaban J connectivity index is 2.14. The third kappa shape index (κ3) is 2.99. The summed E-state index contributed by atoms with van der Waals surface area (Å²) in [5.41, 5.74) is 4.23. The highest BCUT2D eigenvalue weighted by Gasteiger charge is 2.00. The molecule has 0 aliphatic rings. The summed E-state index contributed by atoms with van der Waals surface area (Å²) in [4.78, 5) is 0. The molecule has 0 atom stereocenters. The first-order chi connectivity index (χ1) is 8.81. The zero-order chi connectivity index (χ0) is 12.8. The van der Waals surface area contributed by atoms with Gasteiger partial charge in [0.25, 0.3) is 0 Å².